The highest BCUT2D eigenvalue weighted by Gasteiger charge is 2.48. The third-order valence-electron chi connectivity index (χ3n) is 4.77. The highest BCUT2D eigenvalue weighted by Crippen LogP contribution is 2.32. The van der Waals surface area contributed by atoms with Crippen LogP contribution in [0.25, 0.3) is 0 Å². The van der Waals surface area contributed by atoms with Crippen LogP contribution in [0.15, 0.2) is 70.8 Å². The van der Waals surface area contributed by atoms with Crippen molar-refractivity contribution in [3.8, 4) is 0 Å². The highest BCUT2D eigenvalue weighted by molar-refractivity contribution is 7.99. The van der Waals surface area contributed by atoms with Gasteiger partial charge in [-0.1, -0.05) is 48.0 Å². The van der Waals surface area contributed by atoms with Gasteiger partial charge >= 0.3 is 5.97 Å². The van der Waals surface area contributed by atoms with Crippen LogP contribution < -0.4 is 5.73 Å². The number of β-lactam (4-membered cyclic amide) rings is 1. The fourth-order valence-electron chi connectivity index (χ4n) is 3.02. The number of ether oxygens (including phenoxy) is 1. The van der Waals surface area contributed by atoms with Gasteiger partial charge in [0.15, 0.2) is 0 Å². The van der Waals surface area contributed by atoms with Gasteiger partial charge in [0.25, 0.3) is 10.1 Å². The molecule has 2 atom stereocenters. The Labute approximate surface area is 198 Å². The first-order valence-electron chi connectivity index (χ1n) is 10.0. The number of carbonyl (C=O) groups excluding carboxylic acids is 2. The van der Waals surface area contributed by atoms with Crippen molar-refractivity contribution in [1.82, 2.24) is 4.90 Å². The van der Waals surface area contributed by atoms with Gasteiger partial charge in [0.1, 0.15) is 23.7 Å². The fourth-order valence-corrected chi connectivity index (χ4v) is 4.33. The number of hydrogen-bond donors (Lipinski definition) is 2. The molecule has 0 aliphatic carbocycles. The van der Waals surface area contributed by atoms with E-state index in [4.69, 9.17) is 15.0 Å². The Morgan fingerprint density at radius 2 is 1.70 bits per heavy atom. The van der Waals surface area contributed by atoms with Crippen molar-refractivity contribution >= 4 is 33.8 Å². The molecule has 0 saturated carbocycles. The van der Waals surface area contributed by atoms with Crippen LogP contribution in [-0.2, 0) is 31.1 Å². The summed E-state index contributed by atoms with van der Waals surface area (Å²) in [5, 5.41) is -0.221. The maximum Gasteiger partial charge on any atom is 0.355 e. The molecule has 3 N–H and O–H groups in total. The average molecular weight is 493 g/mol. The molecule has 0 unspecified atom stereocenters. The molecule has 2 aromatic rings. The van der Waals surface area contributed by atoms with Crippen LogP contribution in [0.4, 0.5) is 0 Å². The Morgan fingerprint density at radius 1 is 1.12 bits per heavy atom. The maximum atomic E-state index is 12.4. The number of nitrogens with two attached hydrogens (primary N) is 1. The van der Waals surface area contributed by atoms with E-state index in [9.17, 15) is 18.0 Å². The van der Waals surface area contributed by atoms with Crippen LogP contribution >= 0.6 is 11.8 Å². The molecule has 1 saturated heterocycles. The number of esters is 1. The van der Waals surface area contributed by atoms with Crippen molar-refractivity contribution in [2.24, 2.45) is 5.73 Å². The molecule has 178 valence electrons. The van der Waals surface area contributed by atoms with E-state index in [-0.39, 0.29) is 22.8 Å². The summed E-state index contributed by atoms with van der Waals surface area (Å²) in [5.74, 6) is -0.740. The number of carbonyl (C=O) groups is 2. The summed E-state index contributed by atoms with van der Waals surface area (Å²) in [4.78, 5) is 25.8. The number of allylic oxidation sites excluding steroid dienone is 1. The zero-order valence-electron chi connectivity index (χ0n) is 18.9. The molecule has 1 heterocycles. The number of aryl methyl sites for hydroxylation is 1. The summed E-state index contributed by atoms with van der Waals surface area (Å²) in [6.07, 6.45) is 1.86. The molecule has 8 nitrogen and oxygen atoms in total. The molecule has 0 radical (unpaired) electrons. The van der Waals surface area contributed by atoms with E-state index in [0.29, 0.717) is 5.70 Å². The zero-order valence-corrected chi connectivity index (χ0v) is 20.5. The fraction of sp³-hybridized carbons (Fsp3) is 0.304. The number of hydrogen-bond acceptors (Lipinski definition) is 7. The monoisotopic (exact) mass is 492 g/mol. The molecule has 33 heavy (non-hydrogen) atoms. The van der Waals surface area contributed by atoms with Gasteiger partial charge in [0.2, 0.25) is 5.91 Å². The van der Waals surface area contributed by atoms with Crippen LogP contribution in [0.5, 0.6) is 0 Å². The molecule has 1 amide bonds. The van der Waals surface area contributed by atoms with Crippen molar-refractivity contribution in [3.63, 3.8) is 0 Å². The maximum absolute atomic E-state index is 12.4. The molecule has 1 aliphatic heterocycles. The van der Waals surface area contributed by atoms with E-state index in [2.05, 4.69) is 0 Å². The lowest BCUT2D eigenvalue weighted by Gasteiger charge is -2.44. The Bertz CT molecular complexity index is 1110. The zero-order chi connectivity index (χ0) is 24.8. The van der Waals surface area contributed by atoms with Crippen molar-refractivity contribution < 1.29 is 27.3 Å². The van der Waals surface area contributed by atoms with Gasteiger partial charge in [-0.25, -0.2) is 4.79 Å². The molecule has 1 aliphatic rings. The topological polar surface area (TPSA) is 127 Å². The number of benzene rings is 2. The van der Waals surface area contributed by atoms with Gasteiger partial charge in [0.05, 0.1) is 4.90 Å². The lowest BCUT2D eigenvalue weighted by Crippen LogP contribution is -2.67. The minimum atomic E-state index is -4.02. The number of thioether (sulfide) groups is 1. The third-order valence-corrected chi connectivity index (χ3v) is 6.62. The summed E-state index contributed by atoms with van der Waals surface area (Å²) in [6.45, 7) is 5.59. The first-order valence-corrected chi connectivity index (χ1v) is 12.7. The molecular formula is C23H28N2O6S2. The first kappa shape index (κ1) is 26.6. The van der Waals surface area contributed by atoms with Crippen LogP contribution in [0, 0.1) is 6.92 Å². The van der Waals surface area contributed by atoms with E-state index < -0.39 is 22.1 Å². The number of likely N-dealkylation sites (tertiary alicyclic amines) is 1. The predicted molar refractivity (Wildman–Crippen MR) is 128 cm³/mol. The Morgan fingerprint density at radius 3 is 2.18 bits per heavy atom. The first-order chi connectivity index (χ1) is 15.5. The molecule has 0 spiro atoms. The number of amides is 1. The molecule has 2 aromatic carbocycles. The number of rotatable bonds is 6. The van der Waals surface area contributed by atoms with Crippen LogP contribution in [0.1, 0.15) is 25.0 Å². The largest absolute Gasteiger partial charge is 0.456 e. The quantitative estimate of drug-likeness (QED) is 0.273. The van der Waals surface area contributed by atoms with Crippen LogP contribution in [0.3, 0.4) is 0 Å². The molecule has 1 fully saturated rings. The second-order valence-corrected chi connectivity index (χ2v) is 9.93. The Hall–Kier alpha value is -2.66. The standard InChI is InChI=1S/C16H20N2O3S.C7H8O3S/c1-10(2)13(18-14(19)12(17)15(18)22-3)16(20)21-9-11-7-5-4-6-8-11;1-6-2-4-7(5-3-6)11(8,9)10/h4-8,12,15H,9,17H2,1-3H3;2-5H,1H3,(H,8,9,10)/t12-,15-;/m0./s1. The van der Waals surface area contributed by atoms with Gasteiger partial charge in [-0.2, -0.15) is 8.42 Å². The summed E-state index contributed by atoms with van der Waals surface area (Å²) in [6, 6.07) is 14.8. The predicted octanol–water partition coefficient (Wildman–Crippen LogP) is 3.12. The van der Waals surface area contributed by atoms with Crippen molar-refractivity contribution in [1.29, 1.82) is 0 Å². The van der Waals surface area contributed by atoms with Crippen molar-refractivity contribution in [2.45, 2.75) is 43.7 Å². The highest BCUT2D eigenvalue weighted by atomic mass is 32.2. The van der Waals surface area contributed by atoms with E-state index >= 15 is 0 Å². The third kappa shape index (κ3) is 6.91. The van der Waals surface area contributed by atoms with Gasteiger partial charge in [-0.05, 0) is 50.3 Å². The smallest absolute Gasteiger partial charge is 0.355 e. The van der Waals surface area contributed by atoms with Gasteiger partial charge < -0.3 is 10.5 Å². The van der Waals surface area contributed by atoms with E-state index in [1.54, 1.807) is 26.0 Å². The van der Waals surface area contributed by atoms with E-state index in [1.165, 1.54) is 28.8 Å². The van der Waals surface area contributed by atoms with Crippen LogP contribution in [0.2, 0.25) is 0 Å². The SMILES string of the molecule is CS[C@H]1[C@@H](N)C(=O)N1C(C(=O)OCc1ccccc1)=C(C)C.Cc1ccc(S(=O)(=O)O)cc1. The average Bonchev–Trinajstić information content (AvgIpc) is 2.77. The minimum Gasteiger partial charge on any atom is -0.456 e. The van der Waals surface area contributed by atoms with Crippen molar-refractivity contribution in [2.75, 3.05) is 6.26 Å². The molecule has 0 aromatic heterocycles. The van der Waals surface area contributed by atoms with E-state index in [0.717, 1.165) is 16.7 Å². The number of nitrogens with zero attached hydrogens (tertiary/aromatic N) is 1. The summed E-state index contributed by atoms with van der Waals surface area (Å²) in [5.41, 5.74) is 8.67. The summed E-state index contributed by atoms with van der Waals surface area (Å²) >= 11 is 1.45. The van der Waals surface area contributed by atoms with Gasteiger partial charge in [-0.3, -0.25) is 14.2 Å². The van der Waals surface area contributed by atoms with Crippen LogP contribution in [-0.4, -0.2) is 47.4 Å². The van der Waals surface area contributed by atoms with Crippen molar-refractivity contribution in [3.05, 3.63) is 77.0 Å². The second-order valence-electron chi connectivity index (χ2n) is 7.56. The minimum absolute atomic E-state index is 0.0666. The van der Waals surface area contributed by atoms with E-state index in [1.807, 2.05) is 43.5 Å². The molecule has 0 bridgehead atoms. The Kier molecular flexibility index (Phi) is 9.24. The molecule has 10 heteroatoms. The normalized spacial score (nSPS) is 17.4. The lowest BCUT2D eigenvalue weighted by molar-refractivity contribution is -0.151. The Balaban J connectivity index is 0.000000294. The summed E-state index contributed by atoms with van der Waals surface area (Å²) < 4.78 is 34.9. The summed E-state index contributed by atoms with van der Waals surface area (Å²) in [7, 11) is -4.02. The molecule has 3 rings (SSSR count). The van der Waals surface area contributed by atoms with Gasteiger partial charge in [0, 0.05) is 0 Å². The molecular weight excluding hydrogens is 464 g/mol. The van der Waals surface area contributed by atoms with Gasteiger partial charge in [-0.15, -0.1) is 11.8 Å². The second kappa shape index (κ2) is 11.5. The lowest BCUT2D eigenvalue weighted by atomic mass is 10.1.